The summed E-state index contributed by atoms with van der Waals surface area (Å²) in [6.45, 7) is 11.5. The van der Waals surface area contributed by atoms with Gasteiger partial charge in [-0.05, 0) is 56.3 Å². The van der Waals surface area contributed by atoms with Crippen LogP contribution in [0.4, 0.5) is 0 Å². The van der Waals surface area contributed by atoms with Crippen LogP contribution in [0.2, 0.25) is 0 Å². The quantitative estimate of drug-likeness (QED) is 0.131. The maximum Gasteiger partial charge on any atom is 0.326 e. The van der Waals surface area contributed by atoms with E-state index in [1.165, 1.54) is 9.80 Å². The highest BCUT2D eigenvalue weighted by Crippen LogP contribution is 2.24. The van der Waals surface area contributed by atoms with Gasteiger partial charge in [0.2, 0.25) is 29.5 Å². The maximum atomic E-state index is 13.8. The minimum absolute atomic E-state index is 0.0656. The van der Waals surface area contributed by atoms with Gasteiger partial charge < -0.3 is 41.7 Å². The van der Waals surface area contributed by atoms with E-state index in [0.29, 0.717) is 32.2 Å². The lowest BCUT2D eigenvalue weighted by Crippen LogP contribution is -2.60. The number of nitrogens with two attached hydrogens (primary N) is 1. The Labute approximate surface area is 270 Å². The highest BCUT2D eigenvalue weighted by atomic mass is 16.4. The van der Waals surface area contributed by atoms with E-state index in [9.17, 15) is 38.7 Å². The van der Waals surface area contributed by atoms with E-state index in [4.69, 9.17) is 10.8 Å². The van der Waals surface area contributed by atoms with E-state index in [2.05, 4.69) is 16.0 Å². The molecular weight excluding hydrogens is 600 g/mol. The lowest BCUT2D eigenvalue weighted by molar-refractivity contribution is -0.146. The number of carbonyl (C=O) groups is 7. The van der Waals surface area contributed by atoms with Crippen LogP contribution in [0.25, 0.3) is 0 Å². The van der Waals surface area contributed by atoms with Gasteiger partial charge in [-0.25, -0.2) is 4.79 Å². The van der Waals surface area contributed by atoms with Crippen molar-refractivity contribution in [1.82, 2.24) is 25.8 Å². The Morgan fingerprint density at radius 3 is 1.72 bits per heavy atom. The molecule has 15 heteroatoms. The van der Waals surface area contributed by atoms with E-state index < -0.39 is 84.1 Å². The van der Waals surface area contributed by atoms with Crippen LogP contribution in [0.3, 0.4) is 0 Å². The molecule has 260 valence electrons. The summed E-state index contributed by atoms with van der Waals surface area (Å²) in [4.78, 5) is 92.3. The van der Waals surface area contributed by atoms with Crippen LogP contribution < -0.4 is 21.7 Å². The molecule has 0 unspecified atom stereocenters. The molecule has 0 aromatic rings. The molecule has 15 nitrogen and oxygen atoms in total. The SMILES string of the molecule is CC(C)C[C@H](NC(=O)[C@@H](N)C(C)C)C(=O)N1CCC[C@H]1C(=O)N[C@H](C(=O)N1CCC[C@H]1C(=O)N[C@@H](CCC(=O)O)C(=O)O)C(C)C. The highest BCUT2D eigenvalue weighted by Gasteiger charge is 2.43. The molecule has 0 aromatic heterocycles. The van der Waals surface area contributed by atoms with Crippen LogP contribution in [0.15, 0.2) is 0 Å². The number of nitrogens with zero attached hydrogens (tertiary/aromatic N) is 2. The number of hydrogen-bond donors (Lipinski definition) is 6. The van der Waals surface area contributed by atoms with E-state index in [1.54, 1.807) is 13.8 Å². The second-order valence-electron chi connectivity index (χ2n) is 13.4. The van der Waals surface area contributed by atoms with Crippen molar-refractivity contribution >= 4 is 41.5 Å². The second-order valence-corrected chi connectivity index (χ2v) is 13.4. The molecule has 0 spiro atoms. The smallest absolute Gasteiger partial charge is 0.326 e. The molecule has 46 heavy (non-hydrogen) atoms. The predicted molar refractivity (Wildman–Crippen MR) is 167 cm³/mol. The third kappa shape index (κ3) is 10.4. The molecule has 0 aromatic carbocycles. The number of amides is 5. The van der Waals surface area contributed by atoms with Crippen molar-refractivity contribution in [3.05, 3.63) is 0 Å². The number of carbonyl (C=O) groups excluding carboxylic acids is 5. The molecule has 2 fully saturated rings. The van der Waals surface area contributed by atoms with Crippen molar-refractivity contribution in [3.63, 3.8) is 0 Å². The van der Waals surface area contributed by atoms with Gasteiger partial charge in [-0.2, -0.15) is 0 Å². The number of nitrogens with one attached hydrogen (secondary N) is 3. The summed E-state index contributed by atoms with van der Waals surface area (Å²) in [5, 5.41) is 26.3. The Morgan fingerprint density at radius 1 is 0.739 bits per heavy atom. The van der Waals surface area contributed by atoms with Gasteiger partial charge in [-0.3, -0.25) is 28.8 Å². The van der Waals surface area contributed by atoms with Crippen LogP contribution in [0.1, 0.15) is 86.5 Å². The van der Waals surface area contributed by atoms with Crippen LogP contribution in [0, 0.1) is 17.8 Å². The van der Waals surface area contributed by atoms with Gasteiger partial charge in [0.15, 0.2) is 0 Å². The van der Waals surface area contributed by atoms with Crippen molar-refractivity contribution in [1.29, 1.82) is 0 Å². The maximum absolute atomic E-state index is 13.8. The van der Waals surface area contributed by atoms with Gasteiger partial charge in [0.05, 0.1) is 6.04 Å². The third-order valence-corrected chi connectivity index (χ3v) is 8.51. The number of likely N-dealkylation sites (tertiary alicyclic amines) is 2. The summed E-state index contributed by atoms with van der Waals surface area (Å²) in [6, 6.07) is -5.99. The number of aliphatic carboxylic acids is 2. The van der Waals surface area contributed by atoms with Gasteiger partial charge in [0.25, 0.3) is 0 Å². The van der Waals surface area contributed by atoms with Crippen molar-refractivity contribution in [2.24, 2.45) is 23.5 Å². The fraction of sp³-hybridized carbons (Fsp3) is 0.774. The zero-order valence-electron chi connectivity index (χ0n) is 27.8. The molecule has 0 bridgehead atoms. The highest BCUT2D eigenvalue weighted by molar-refractivity contribution is 5.97. The van der Waals surface area contributed by atoms with Gasteiger partial charge >= 0.3 is 11.9 Å². The zero-order valence-corrected chi connectivity index (χ0v) is 27.8. The first-order valence-electron chi connectivity index (χ1n) is 16.2. The topological polar surface area (TPSA) is 229 Å². The van der Waals surface area contributed by atoms with E-state index in [1.807, 2.05) is 27.7 Å². The normalized spacial score (nSPS) is 20.7. The fourth-order valence-corrected chi connectivity index (χ4v) is 5.80. The number of hydrogen-bond acceptors (Lipinski definition) is 8. The number of rotatable bonds is 16. The predicted octanol–water partition coefficient (Wildman–Crippen LogP) is 0.0576. The molecule has 2 aliphatic rings. The Hall–Kier alpha value is -3.75. The molecule has 6 atom stereocenters. The molecule has 0 saturated carbocycles. The number of carboxylic acids is 2. The molecule has 0 aliphatic carbocycles. The Morgan fingerprint density at radius 2 is 1.26 bits per heavy atom. The minimum atomic E-state index is -1.43. The van der Waals surface area contributed by atoms with Gasteiger partial charge in [0.1, 0.15) is 30.2 Å². The molecule has 2 heterocycles. The van der Waals surface area contributed by atoms with Crippen molar-refractivity contribution in [2.45, 2.75) is 123 Å². The van der Waals surface area contributed by atoms with Crippen molar-refractivity contribution in [3.8, 4) is 0 Å². The lowest BCUT2D eigenvalue weighted by atomic mass is 9.99. The van der Waals surface area contributed by atoms with E-state index in [-0.39, 0.29) is 37.1 Å². The first-order valence-corrected chi connectivity index (χ1v) is 16.2. The van der Waals surface area contributed by atoms with Gasteiger partial charge in [-0.1, -0.05) is 41.5 Å². The monoisotopic (exact) mass is 652 g/mol. The molecular formula is C31H52N6O9. The zero-order chi connectivity index (χ0) is 34.9. The van der Waals surface area contributed by atoms with Crippen LogP contribution in [0.5, 0.6) is 0 Å². The van der Waals surface area contributed by atoms with Crippen LogP contribution >= 0.6 is 0 Å². The first kappa shape index (κ1) is 38.4. The molecule has 7 N–H and O–H groups in total. The summed E-state index contributed by atoms with van der Waals surface area (Å²) < 4.78 is 0. The molecule has 0 radical (unpaired) electrons. The van der Waals surface area contributed by atoms with Gasteiger partial charge in [0, 0.05) is 19.5 Å². The summed E-state index contributed by atoms with van der Waals surface area (Å²) in [6.07, 6.45) is 1.25. The molecule has 2 saturated heterocycles. The Kier molecular flexibility index (Phi) is 14.4. The largest absolute Gasteiger partial charge is 0.481 e. The summed E-state index contributed by atoms with van der Waals surface area (Å²) in [7, 11) is 0. The molecule has 5 amide bonds. The van der Waals surface area contributed by atoms with Crippen molar-refractivity contribution < 1.29 is 43.8 Å². The van der Waals surface area contributed by atoms with E-state index >= 15 is 0 Å². The Bertz CT molecular complexity index is 1140. The standard InChI is InChI=1S/C31H52N6O9/c1-16(2)15-20(34-28(42)24(32)17(3)4)29(43)36-13-7-10-22(36)27(41)35-25(18(5)6)30(44)37-14-8-9-21(37)26(40)33-19(31(45)46)11-12-23(38)39/h16-22,24-25H,7-15,32H2,1-6H3,(H,33,40)(H,34,42)(H,35,41)(H,38,39)(H,45,46)/t19-,20-,21-,22-,24-,25-/m0/s1. The van der Waals surface area contributed by atoms with Crippen LogP contribution in [-0.4, -0.2) is 111 Å². The number of carboxylic acid groups (broad SMARTS) is 2. The second kappa shape index (κ2) is 17.2. The summed E-state index contributed by atoms with van der Waals surface area (Å²) in [5.74, 6) is -5.63. The minimum Gasteiger partial charge on any atom is -0.481 e. The molecule has 2 aliphatic heterocycles. The van der Waals surface area contributed by atoms with Crippen LogP contribution in [-0.2, 0) is 33.6 Å². The van der Waals surface area contributed by atoms with Gasteiger partial charge in [-0.15, -0.1) is 0 Å². The average molecular weight is 653 g/mol. The first-order chi connectivity index (χ1) is 21.5. The average Bonchev–Trinajstić information content (AvgIpc) is 3.66. The fourth-order valence-electron chi connectivity index (χ4n) is 5.80. The van der Waals surface area contributed by atoms with E-state index in [0.717, 1.165) is 0 Å². The lowest BCUT2D eigenvalue weighted by Gasteiger charge is -2.33. The summed E-state index contributed by atoms with van der Waals surface area (Å²) in [5.41, 5.74) is 6.01. The molecule has 2 rings (SSSR count). The summed E-state index contributed by atoms with van der Waals surface area (Å²) >= 11 is 0. The third-order valence-electron chi connectivity index (χ3n) is 8.51. The van der Waals surface area contributed by atoms with Crippen molar-refractivity contribution in [2.75, 3.05) is 13.1 Å². The Balaban J connectivity index is 2.18.